The predicted molar refractivity (Wildman–Crippen MR) is 106 cm³/mol. The minimum absolute atomic E-state index is 0.0434. The monoisotopic (exact) mass is 399 g/mol. The van der Waals surface area contributed by atoms with Crippen LogP contribution in [0.25, 0.3) is 0 Å². The van der Waals surface area contributed by atoms with Gasteiger partial charge in [-0.15, -0.1) is 0 Å². The van der Waals surface area contributed by atoms with Crippen molar-refractivity contribution in [3.63, 3.8) is 0 Å². The summed E-state index contributed by atoms with van der Waals surface area (Å²) in [6.45, 7) is 4.77. The molecule has 0 aromatic heterocycles. The molecule has 0 saturated carbocycles. The number of nitrogens with one attached hydrogen (secondary N) is 1. The van der Waals surface area contributed by atoms with Gasteiger partial charge in [0.05, 0.1) is 24.8 Å². The quantitative estimate of drug-likeness (QED) is 0.725. The van der Waals surface area contributed by atoms with Gasteiger partial charge >= 0.3 is 5.97 Å². The van der Waals surface area contributed by atoms with E-state index in [0.29, 0.717) is 24.7 Å². The van der Waals surface area contributed by atoms with Gasteiger partial charge in [0.15, 0.2) is 18.1 Å². The van der Waals surface area contributed by atoms with Crippen LogP contribution in [-0.4, -0.2) is 36.8 Å². The van der Waals surface area contributed by atoms with Crippen LogP contribution in [0.15, 0.2) is 42.5 Å². The van der Waals surface area contributed by atoms with Gasteiger partial charge in [0.2, 0.25) is 0 Å². The van der Waals surface area contributed by atoms with Crippen molar-refractivity contribution in [3.8, 4) is 17.2 Å². The molecule has 7 nitrogen and oxygen atoms in total. The first-order valence-electron chi connectivity index (χ1n) is 9.59. The highest BCUT2D eigenvalue weighted by Crippen LogP contribution is 2.34. The molecule has 2 aromatic carbocycles. The Hall–Kier alpha value is -3.22. The normalized spacial score (nSPS) is 14.0. The van der Waals surface area contributed by atoms with Gasteiger partial charge in [-0.2, -0.15) is 0 Å². The summed E-state index contributed by atoms with van der Waals surface area (Å²) in [7, 11) is 0. The summed E-state index contributed by atoms with van der Waals surface area (Å²) < 4.78 is 16.4. The molecule has 2 N–H and O–H groups in total. The number of fused-ring (bicyclic) bond motifs is 1. The van der Waals surface area contributed by atoms with Gasteiger partial charge in [-0.25, -0.2) is 4.79 Å². The maximum absolute atomic E-state index is 12.4. The van der Waals surface area contributed by atoms with Gasteiger partial charge in [-0.1, -0.05) is 26.0 Å². The third-order valence-corrected chi connectivity index (χ3v) is 4.53. The number of hydrogen-bond donors (Lipinski definition) is 2. The van der Waals surface area contributed by atoms with Crippen LogP contribution < -0.4 is 14.8 Å². The molecule has 7 heteroatoms. The van der Waals surface area contributed by atoms with Crippen LogP contribution in [0.1, 0.15) is 42.2 Å². The van der Waals surface area contributed by atoms with Gasteiger partial charge in [-0.05, 0) is 41.8 Å². The van der Waals surface area contributed by atoms with Crippen molar-refractivity contribution in [2.24, 2.45) is 5.92 Å². The molecule has 0 spiro atoms. The van der Waals surface area contributed by atoms with Crippen LogP contribution in [0.3, 0.4) is 0 Å². The number of aromatic hydroxyl groups is 1. The molecular formula is C22H25NO6. The van der Waals surface area contributed by atoms with Crippen LogP contribution in [-0.2, 0) is 9.53 Å². The van der Waals surface area contributed by atoms with E-state index in [-0.39, 0.29) is 23.3 Å². The van der Waals surface area contributed by atoms with Gasteiger partial charge < -0.3 is 24.6 Å². The number of esters is 1. The summed E-state index contributed by atoms with van der Waals surface area (Å²) in [5.41, 5.74) is 1.07. The zero-order valence-electron chi connectivity index (χ0n) is 16.5. The Morgan fingerprint density at radius 1 is 1.10 bits per heavy atom. The van der Waals surface area contributed by atoms with Crippen LogP contribution >= 0.6 is 0 Å². The number of rotatable bonds is 6. The minimum Gasteiger partial charge on any atom is -0.508 e. The molecule has 0 bridgehead atoms. The Balaban J connectivity index is 1.63. The molecule has 0 saturated heterocycles. The fourth-order valence-electron chi connectivity index (χ4n) is 3.07. The highest BCUT2D eigenvalue weighted by molar-refractivity contribution is 5.91. The van der Waals surface area contributed by atoms with Crippen molar-refractivity contribution in [2.45, 2.75) is 26.3 Å². The zero-order chi connectivity index (χ0) is 20.8. The number of carbonyl (C=O) groups is 2. The molecule has 29 heavy (non-hydrogen) atoms. The molecule has 0 fully saturated rings. The lowest BCUT2D eigenvalue weighted by Crippen LogP contribution is -2.35. The van der Waals surface area contributed by atoms with Crippen molar-refractivity contribution in [1.82, 2.24) is 5.32 Å². The van der Waals surface area contributed by atoms with Gasteiger partial charge in [0.25, 0.3) is 5.91 Å². The standard InChI is InChI=1S/C22H25NO6/c1-14(2)21(15-7-8-18-19(12-15)28-10-4-9-27-18)23-20(25)13-29-22(26)16-5-3-6-17(24)11-16/h3,5-8,11-12,14,21,24H,4,9-10,13H2,1-2H3,(H,23,25)/t21-/m1/s1. The smallest absolute Gasteiger partial charge is 0.338 e. The first kappa shape index (κ1) is 20.5. The molecule has 0 radical (unpaired) electrons. The van der Waals surface area contributed by atoms with Crippen molar-refractivity contribution >= 4 is 11.9 Å². The summed E-state index contributed by atoms with van der Waals surface area (Å²) >= 11 is 0. The molecule has 0 unspecified atom stereocenters. The zero-order valence-corrected chi connectivity index (χ0v) is 16.5. The average molecular weight is 399 g/mol. The highest BCUT2D eigenvalue weighted by atomic mass is 16.5. The Morgan fingerprint density at radius 3 is 2.59 bits per heavy atom. The lowest BCUT2D eigenvalue weighted by molar-refractivity contribution is -0.125. The third-order valence-electron chi connectivity index (χ3n) is 4.53. The fraction of sp³-hybridized carbons (Fsp3) is 0.364. The molecule has 1 heterocycles. The predicted octanol–water partition coefficient (Wildman–Crippen LogP) is 3.22. The van der Waals surface area contributed by atoms with E-state index in [1.807, 2.05) is 32.0 Å². The van der Waals surface area contributed by atoms with Crippen molar-refractivity contribution in [3.05, 3.63) is 53.6 Å². The van der Waals surface area contributed by atoms with Crippen LogP contribution in [0.4, 0.5) is 0 Å². The molecular weight excluding hydrogens is 374 g/mol. The summed E-state index contributed by atoms with van der Waals surface area (Å²) in [5, 5.41) is 12.4. The molecule has 1 atom stereocenters. The van der Waals surface area contributed by atoms with E-state index in [1.165, 1.54) is 24.3 Å². The highest BCUT2D eigenvalue weighted by Gasteiger charge is 2.22. The van der Waals surface area contributed by atoms with Crippen LogP contribution in [0.2, 0.25) is 0 Å². The second-order valence-corrected chi connectivity index (χ2v) is 7.17. The summed E-state index contributed by atoms with van der Waals surface area (Å²) in [4.78, 5) is 24.4. The maximum Gasteiger partial charge on any atom is 0.338 e. The number of benzene rings is 2. The van der Waals surface area contributed by atoms with E-state index in [9.17, 15) is 14.7 Å². The Morgan fingerprint density at radius 2 is 1.86 bits per heavy atom. The third kappa shape index (κ3) is 5.40. The van der Waals surface area contributed by atoms with E-state index >= 15 is 0 Å². The number of amides is 1. The second-order valence-electron chi connectivity index (χ2n) is 7.17. The molecule has 3 rings (SSSR count). The number of hydrogen-bond acceptors (Lipinski definition) is 6. The van der Waals surface area contributed by atoms with E-state index in [0.717, 1.165) is 12.0 Å². The molecule has 1 aliphatic rings. The first-order valence-corrected chi connectivity index (χ1v) is 9.59. The van der Waals surface area contributed by atoms with Crippen molar-refractivity contribution < 1.29 is 28.9 Å². The molecule has 2 aromatic rings. The van der Waals surface area contributed by atoms with Crippen molar-refractivity contribution in [1.29, 1.82) is 0 Å². The van der Waals surface area contributed by atoms with Gasteiger partial charge in [0.1, 0.15) is 5.75 Å². The van der Waals surface area contributed by atoms with Gasteiger partial charge in [0, 0.05) is 6.42 Å². The number of phenols is 1. The molecule has 1 aliphatic heterocycles. The van der Waals surface area contributed by atoms with E-state index in [1.54, 1.807) is 0 Å². The minimum atomic E-state index is -0.673. The number of ether oxygens (including phenoxy) is 3. The summed E-state index contributed by atoms with van der Waals surface area (Å²) in [5.74, 6) is 0.330. The number of phenolic OH excluding ortho intramolecular Hbond substituents is 1. The maximum atomic E-state index is 12.4. The van der Waals surface area contributed by atoms with Crippen LogP contribution in [0, 0.1) is 5.92 Å². The first-order chi connectivity index (χ1) is 13.9. The van der Waals surface area contributed by atoms with E-state index in [2.05, 4.69) is 5.32 Å². The topological polar surface area (TPSA) is 94.1 Å². The van der Waals surface area contributed by atoms with E-state index in [4.69, 9.17) is 14.2 Å². The molecule has 154 valence electrons. The molecule has 0 aliphatic carbocycles. The Labute approximate surface area is 169 Å². The van der Waals surface area contributed by atoms with E-state index < -0.39 is 18.5 Å². The largest absolute Gasteiger partial charge is 0.508 e. The number of carbonyl (C=O) groups excluding carboxylic acids is 2. The Bertz CT molecular complexity index is 879. The van der Waals surface area contributed by atoms with Crippen molar-refractivity contribution in [2.75, 3.05) is 19.8 Å². The summed E-state index contributed by atoms with van der Waals surface area (Å²) in [6.07, 6.45) is 0.818. The summed E-state index contributed by atoms with van der Waals surface area (Å²) in [6, 6.07) is 11.1. The SMILES string of the molecule is CC(C)[C@@H](NC(=O)COC(=O)c1cccc(O)c1)c1ccc2c(c1)OCCCO2. The van der Waals surface area contributed by atoms with Gasteiger partial charge in [-0.3, -0.25) is 4.79 Å². The van der Waals surface area contributed by atoms with Crippen LogP contribution in [0.5, 0.6) is 17.2 Å². The second kappa shape index (κ2) is 9.32. The lowest BCUT2D eigenvalue weighted by atomic mass is 9.95. The average Bonchev–Trinajstić information content (AvgIpc) is 2.94. The Kier molecular flexibility index (Phi) is 6.59. The fourth-order valence-corrected chi connectivity index (χ4v) is 3.07. The lowest BCUT2D eigenvalue weighted by Gasteiger charge is -2.23. The molecule has 1 amide bonds.